The van der Waals surface area contributed by atoms with E-state index in [1.807, 2.05) is 7.05 Å². The second-order valence-corrected chi connectivity index (χ2v) is 8.01. The molecule has 0 radical (unpaired) electrons. The van der Waals surface area contributed by atoms with Gasteiger partial charge in [0.05, 0.1) is 0 Å². The van der Waals surface area contributed by atoms with Gasteiger partial charge in [-0.15, -0.1) is 0 Å². The predicted molar refractivity (Wildman–Crippen MR) is 99.7 cm³/mol. The molecule has 2 fully saturated rings. The first-order valence-electron chi connectivity index (χ1n) is 9.89. The van der Waals surface area contributed by atoms with Crippen molar-refractivity contribution in [3.8, 4) is 0 Å². The fourth-order valence-corrected chi connectivity index (χ4v) is 4.79. The number of ether oxygens (including phenoxy) is 1. The summed E-state index contributed by atoms with van der Waals surface area (Å²) >= 11 is 0. The minimum atomic E-state index is 0.231. The van der Waals surface area contributed by atoms with Crippen LogP contribution in [0.5, 0.6) is 0 Å². The van der Waals surface area contributed by atoms with Gasteiger partial charge in [-0.2, -0.15) is 0 Å². The van der Waals surface area contributed by atoms with Crippen molar-refractivity contribution < 1.29 is 9.53 Å². The minimum absolute atomic E-state index is 0.231. The highest BCUT2D eigenvalue weighted by molar-refractivity contribution is 5.95. The Morgan fingerprint density at radius 3 is 2.72 bits per heavy atom. The van der Waals surface area contributed by atoms with E-state index in [1.54, 1.807) is 4.90 Å². The van der Waals surface area contributed by atoms with Crippen molar-refractivity contribution in [2.24, 2.45) is 11.8 Å². The Hall–Kier alpha value is -1.39. The molecule has 0 N–H and O–H groups in total. The maximum atomic E-state index is 11.8. The highest BCUT2D eigenvalue weighted by Crippen LogP contribution is 2.32. The van der Waals surface area contributed by atoms with Gasteiger partial charge in [-0.25, -0.2) is 0 Å². The van der Waals surface area contributed by atoms with Crippen molar-refractivity contribution in [1.29, 1.82) is 0 Å². The minimum Gasteiger partial charge on any atom is -0.381 e. The number of hydrogen-bond acceptors (Lipinski definition) is 3. The molecule has 136 valence electrons. The molecule has 2 saturated heterocycles. The number of rotatable bonds is 3. The Morgan fingerprint density at radius 1 is 1.12 bits per heavy atom. The van der Waals surface area contributed by atoms with Crippen molar-refractivity contribution in [2.45, 2.75) is 45.1 Å². The van der Waals surface area contributed by atoms with E-state index in [2.05, 4.69) is 23.1 Å². The van der Waals surface area contributed by atoms with E-state index in [0.717, 1.165) is 43.7 Å². The topological polar surface area (TPSA) is 32.8 Å². The van der Waals surface area contributed by atoms with Crippen LogP contribution in [0.2, 0.25) is 0 Å². The molecule has 1 atom stereocenters. The lowest BCUT2D eigenvalue weighted by Gasteiger charge is -2.37. The van der Waals surface area contributed by atoms with Gasteiger partial charge >= 0.3 is 0 Å². The van der Waals surface area contributed by atoms with Gasteiger partial charge in [-0.05, 0) is 74.2 Å². The fraction of sp³-hybridized carbons (Fsp3) is 0.667. The number of hydrogen-bond donors (Lipinski definition) is 0. The van der Waals surface area contributed by atoms with Crippen LogP contribution in [0.15, 0.2) is 18.2 Å². The summed E-state index contributed by atoms with van der Waals surface area (Å²) in [6.07, 6.45) is 6.77. The number of carbonyl (C=O) groups is 1. The number of aryl methyl sites for hydroxylation is 1. The first-order chi connectivity index (χ1) is 12.2. The molecule has 4 heteroatoms. The van der Waals surface area contributed by atoms with Gasteiger partial charge in [0.25, 0.3) is 0 Å². The van der Waals surface area contributed by atoms with E-state index in [4.69, 9.17) is 4.74 Å². The zero-order valence-electron chi connectivity index (χ0n) is 15.4. The number of benzene rings is 1. The van der Waals surface area contributed by atoms with E-state index in [-0.39, 0.29) is 5.91 Å². The summed E-state index contributed by atoms with van der Waals surface area (Å²) in [4.78, 5) is 16.2. The number of likely N-dealkylation sites (tertiary alicyclic amines) is 1. The molecule has 3 aliphatic rings. The van der Waals surface area contributed by atoms with E-state index in [0.29, 0.717) is 6.42 Å². The van der Waals surface area contributed by atoms with Gasteiger partial charge in [-0.1, -0.05) is 12.1 Å². The molecule has 0 spiro atoms. The van der Waals surface area contributed by atoms with E-state index >= 15 is 0 Å². The van der Waals surface area contributed by atoms with E-state index in [9.17, 15) is 4.79 Å². The quantitative estimate of drug-likeness (QED) is 0.845. The third-order valence-corrected chi connectivity index (χ3v) is 6.39. The third kappa shape index (κ3) is 3.75. The van der Waals surface area contributed by atoms with Gasteiger partial charge in [0.2, 0.25) is 5.91 Å². The number of carbonyl (C=O) groups excluding carboxylic acids is 1. The molecule has 0 aliphatic carbocycles. The molecule has 3 aliphatic heterocycles. The molecule has 0 bridgehead atoms. The summed E-state index contributed by atoms with van der Waals surface area (Å²) in [6.45, 7) is 5.41. The number of anilines is 1. The Kier molecular flexibility index (Phi) is 5.09. The number of nitrogens with zero attached hydrogens (tertiary/aromatic N) is 2. The van der Waals surface area contributed by atoms with Crippen molar-refractivity contribution in [3.05, 3.63) is 29.3 Å². The van der Waals surface area contributed by atoms with Crippen LogP contribution < -0.4 is 4.90 Å². The molecule has 25 heavy (non-hydrogen) atoms. The van der Waals surface area contributed by atoms with Crippen LogP contribution in [0, 0.1) is 11.8 Å². The maximum absolute atomic E-state index is 11.8. The fourth-order valence-electron chi connectivity index (χ4n) is 4.79. The highest BCUT2D eigenvalue weighted by Gasteiger charge is 2.28. The average molecular weight is 342 g/mol. The first-order valence-corrected chi connectivity index (χ1v) is 9.89. The van der Waals surface area contributed by atoms with Crippen molar-refractivity contribution in [1.82, 2.24) is 4.90 Å². The van der Waals surface area contributed by atoms with Crippen molar-refractivity contribution >= 4 is 11.6 Å². The van der Waals surface area contributed by atoms with Crippen LogP contribution in [0.3, 0.4) is 0 Å². The predicted octanol–water partition coefficient (Wildman–Crippen LogP) is 3.23. The Bertz CT molecular complexity index is 616. The second kappa shape index (κ2) is 7.46. The smallest absolute Gasteiger partial charge is 0.227 e. The summed E-state index contributed by atoms with van der Waals surface area (Å²) in [6, 6.07) is 6.65. The lowest BCUT2D eigenvalue weighted by Crippen LogP contribution is -2.37. The molecule has 1 aromatic carbocycles. The standard InChI is InChI=1S/C21H30N2O2/c1-22-20-6-4-16(13-18(20)5-7-21(22)24)14-23-10-8-17(9-11-23)19-3-2-12-25-15-19/h4,6,13,17,19H,2-3,5,7-12,14-15H2,1H3. The van der Waals surface area contributed by atoms with Gasteiger partial charge in [0.15, 0.2) is 0 Å². The summed E-state index contributed by atoms with van der Waals surface area (Å²) in [5.41, 5.74) is 3.81. The monoisotopic (exact) mass is 342 g/mol. The first kappa shape index (κ1) is 17.0. The lowest BCUT2D eigenvalue weighted by atomic mass is 9.81. The van der Waals surface area contributed by atoms with Crippen LogP contribution in [0.4, 0.5) is 5.69 Å². The summed E-state index contributed by atoms with van der Waals surface area (Å²) in [7, 11) is 1.89. The van der Waals surface area contributed by atoms with E-state index in [1.165, 1.54) is 49.9 Å². The van der Waals surface area contributed by atoms with E-state index < -0.39 is 0 Å². The zero-order chi connectivity index (χ0) is 17.2. The summed E-state index contributed by atoms with van der Waals surface area (Å²) < 4.78 is 5.69. The van der Waals surface area contributed by atoms with Crippen LogP contribution in [-0.2, 0) is 22.5 Å². The van der Waals surface area contributed by atoms with Crippen LogP contribution in [0.1, 0.15) is 43.2 Å². The molecule has 0 saturated carbocycles. The molecular weight excluding hydrogens is 312 g/mol. The Balaban J connectivity index is 1.33. The van der Waals surface area contributed by atoms with Crippen LogP contribution in [0.25, 0.3) is 0 Å². The largest absolute Gasteiger partial charge is 0.381 e. The normalized spacial score (nSPS) is 25.9. The number of piperidine rings is 1. The third-order valence-electron chi connectivity index (χ3n) is 6.39. The summed E-state index contributed by atoms with van der Waals surface area (Å²) in [5, 5.41) is 0. The lowest BCUT2D eigenvalue weighted by molar-refractivity contribution is -0.118. The van der Waals surface area contributed by atoms with Gasteiger partial charge in [0, 0.05) is 38.9 Å². The van der Waals surface area contributed by atoms with Crippen molar-refractivity contribution in [3.63, 3.8) is 0 Å². The summed E-state index contributed by atoms with van der Waals surface area (Å²) in [5.74, 6) is 1.89. The van der Waals surface area contributed by atoms with Gasteiger partial charge in [0.1, 0.15) is 0 Å². The molecule has 1 amide bonds. The molecule has 1 aromatic rings. The molecule has 4 nitrogen and oxygen atoms in total. The maximum Gasteiger partial charge on any atom is 0.227 e. The van der Waals surface area contributed by atoms with Crippen molar-refractivity contribution in [2.75, 3.05) is 38.3 Å². The zero-order valence-corrected chi connectivity index (χ0v) is 15.4. The Labute approximate surface area is 151 Å². The van der Waals surface area contributed by atoms with Gasteiger partial charge < -0.3 is 9.64 Å². The van der Waals surface area contributed by atoms with Gasteiger partial charge in [-0.3, -0.25) is 9.69 Å². The van der Waals surface area contributed by atoms with Crippen LogP contribution >= 0.6 is 0 Å². The Morgan fingerprint density at radius 2 is 1.96 bits per heavy atom. The molecule has 1 unspecified atom stereocenters. The molecular formula is C21H30N2O2. The van der Waals surface area contributed by atoms with Crippen LogP contribution in [-0.4, -0.2) is 44.2 Å². The molecule has 4 rings (SSSR count). The SMILES string of the molecule is CN1C(=O)CCc2cc(CN3CCC(C4CCCOC4)CC3)ccc21. The number of amides is 1. The average Bonchev–Trinajstić information content (AvgIpc) is 2.66. The number of fused-ring (bicyclic) bond motifs is 1. The molecule has 3 heterocycles. The highest BCUT2D eigenvalue weighted by atomic mass is 16.5. The molecule has 0 aromatic heterocycles. The second-order valence-electron chi connectivity index (χ2n) is 8.01.